The first-order valence-corrected chi connectivity index (χ1v) is 9.08. The van der Waals surface area contributed by atoms with Gasteiger partial charge in [0.15, 0.2) is 0 Å². The van der Waals surface area contributed by atoms with Crippen LogP contribution in [0.3, 0.4) is 0 Å². The van der Waals surface area contributed by atoms with Gasteiger partial charge in [0.1, 0.15) is 17.0 Å². The van der Waals surface area contributed by atoms with Crippen LogP contribution >= 0.6 is 0 Å². The lowest BCUT2D eigenvalue weighted by Crippen LogP contribution is -2.20. The first-order chi connectivity index (χ1) is 14.1. The van der Waals surface area contributed by atoms with Gasteiger partial charge in [-0.2, -0.15) is 5.10 Å². The quantitative estimate of drug-likeness (QED) is 0.416. The van der Waals surface area contributed by atoms with Gasteiger partial charge in [-0.25, -0.2) is 10.4 Å². The molecule has 7 heteroatoms. The van der Waals surface area contributed by atoms with Crippen molar-refractivity contribution in [1.29, 1.82) is 0 Å². The Balaban J connectivity index is 1.52. The highest BCUT2D eigenvalue weighted by Crippen LogP contribution is 2.24. The molecule has 7 nitrogen and oxygen atoms in total. The zero-order chi connectivity index (χ0) is 20.2. The van der Waals surface area contributed by atoms with Crippen molar-refractivity contribution >= 4 is 11.6 Å². The fourth-order valence-corrected chi connectivity index (χ4v) is 2.97. The number of carbonyl (C=O) groups excluding carboxylic acids is 1. The van der Waals surface area contributed by atoms with E-state index < -0.39 is 0 Å². The standard InChI is InChI=1S/C22H19N5O2/c1-15(17-8-10-19(11-9-17)27-13-12-23-14-27)24-25-22(28)20-16(2)29-26-21(20)18-6-4-3-5-7-18/h3-14H,1-2H3,(H,25,28)/b24-15-. The van der Waals surface area contributed by atoms with E-state index in [2.05, 4.69) is 20.7 Å². The number of nitrogens with one attached hydrogen (secondary N) is 1. The van der Waals surface area contributed by atoms with E-state index in [9.17, 15) is 4.79 Å². The fourth-order valence-electron chi connectivity index (χ4n) is 2.97. The van der Waals surface area contributed by atoms with Crippen molar-refractivity contribution in [3.63, 3.8) is 0 Å². The van der Waals surface area contributed by atoms with E-state index in [0.717, 1.165) is 16.8 Å². The molecule has 1 amide bonds. The maximum atomic E-state index is 12.7. The van der Waals surface area contributed by atoms with Gasteiger partial charge in [-0.3, -0.25) is 4.79 Å². The third kappa shape index (κ3) is 3.84. The number of hydrazone groups is 1. The average molecular weight is 385 g/mol. The van der Waals surface area contributed by atoms with Crippen LogP contribution in [-0.4, -0.2) is 26.3 Å². The van der Waals surface area contributed by atoms with Crippen LogP contribution < -0.4 is 5.43 Å². The summed E-state index contributed by atoms with van der Waals surface area (Å²) in [4.78, 5) is 16.8. The molecular weight excluding hydrogens is 366 g/mol. The van der Waals surface area contributed by atoms with Gasteiger partial charge in [0, 0.05) is 23.6 Å². The number of aryl methyl sites for hydroxylation is 1. The van der Waals surface area contributed by atoms with E-state index in [0.29, 0.717) is 22.7 Å². The van der Waals surface area contributed by atoms with Crippen LogP contribution in [0.5, 0.6) is 0 Å². The number of rotatable bonds is 5. The molecule has 1 N–H and O–H groups in total. The zero-order valence-electron chi connectivity index (χ0n) is 16.0. The Morgan fingerprint density at radius 1 is 1.10 bits per heavy atom. The largest absolute Gasteiger partial charge is 0.360 e. The maximum Gasteiger partial charge on any atom is 0.277 e. The Morgan fingerprint density at radius 2 is 1.86 bits per heavy atom. The smallest absolute Gasteiger partial charge is 0.277 e. The van der Waals surface area contributed by atoms with Gasteiger partial charge in [0.2, 0.25) is 0 Å². The highest BCUT2D eigenvalue weighted by molar-refractivity contribution is 6.03. The molecule has 0 aliphatic heterocycles. The topological polar surface area (TPSA) is 85.3 Å². The van der Waals surface area contributed by atoms with Gasteiger partial charge in [-0.15, -0.1) is 0 Å². The molecule has 2 aromatic carbocycles. The number of benzene rings is 2. The molecule has 0 fully saturated rings. The van der Waals surface area contributed by atoms with Crippen LogP contribution in [-0.2, 0) is 0 Å². The van der Waals surface area contributed by atoms with Crippen LogP contribution in [0.1, 0.15) is 28.6 Å². The number of imidazole rings is 1. The summed E-state index contributed by atoms with van der Waals surface area (Å²) < 4.78 is 7.16. The number of carbonyl (C=O) groups is 1. The molecule has 4 aromatic rings. The molecule has 144 valence electrons. The minimum absolute atomic E-state index is 0.364. The molecule has 4 rings (SSSR count). The number of hydrogen-bond donors (Lipinski definition) is 1. The maximum absolute atomic E-state index is 12.7. The molecule has 0 aliphatic carbocycles. The summed E-state index contributed by atoms with van der Waals surface area (Å²) in [5, 5.41) is 8.28. The Kier molecular flexibility index (Phi) is 5.03. The van der Waals surface area contributed by atoms with Crippen molar-refractivity contribution < 1.29 is 9.32 Å². The minimum Gasteiger partial charge on any atom is -0.360 e. The van der Waals surface area contributed by atoms with Gasteiger partial charge >= 0.3 is 0 Å². The summed E-state index contributed by atoms with van der Waals surface area (Å²) >= 11 is 0. The Hall–Kier alpha value is -4.00. The lowest BCUT2D eigenvalue weighted by Gasteiger charge is -2.06. The summed E-state index contributed by atoms with van der Waals surface area (Å²) in [6, 6.07) is 17.3. The minimum atomic E-state index is -0.364. The second-order valence-electron chi connectivity index (χ2n) is 6.48. The highest BCUT2D eigenvalue weighted by Gasteiger charge is 2.21. The number of nitrogens with zero attached hydrogens (tertiary/aromatic N) is 4. The second kappa shape index (κ2) is 7.93. The van der Waals surface area contributed by atoms with Gasteiger partial charge in [-0.1, -0.05) is 47.6 Å². The molecule has 2 heterocycles. The predicted octanol–water partition coefficient (Wildman–Crippen LogP) is 3.99. The molecule has 0 unspecified atom stereocenters. The first-order valence-electron chi connectivity index (χ1n) is 9.08. The lowest BCUT2D eigenvalue weighted by molar-refractivity contribution is 0.0954. The monoisotopic (exact) mass is 385 g/mol. The number of aromatic nitrogens is 3. The predicted molar refractivity (Wildman–Crippen MR) is 110 cm³/mol. The fraction of sp³-hybridized carbons (Fsp3) is 0.0909. The van der Waals surface area contributed by atoms with E-state index in [1.807, 2.05) is 72.3 Å². The van der Waals surface area contributed by atoms with Gasteiger partial charge in [0.25, 0.3) is 5.91 Å². The number of hydrogen-bond acceptors (Lipinski definition) is 5. The van der Waals surface area contributed by atoms with Crippen LogP contribution in [0.15, 0.2) is 82.9 Å². The molecule has 0 saturated heterocycles. The SMILES string of the molecule is C/C(=N/NC(=O)c1c(-c2ccccc2)noc1C)c1ccc(-n2ccnc2)cc1. The Labute approximate surface area is 167 Å². The summed E-state index contributed by atoms with van der Waals surface area (Å²) in [6.07, 6.45) is 5.34. The van der Waals surface area contributed by atoms with E-state index >= 15 is 0 Å². The summed E-state index contributed by atoms with van der Waals surface area (Å²) in [7, 11) is 0. The van der Waals surface area contributed by atoms with Crippen LogP contribution in [0.4, 0.5) is 0 Å². The molecule has 0 radical (unpaired) electrons. The van der Waals surface area contributed by atoms with Gasteiger partial charge in [-0.05, 0) is 31.5 Å². The third-order valence-corrected chi connectivity index (χ3v) is 4.55. The molecule has 0 spiro atoms. The lowest BCUT2D eigenvalue weighted by atomic mass is 10.1. The third-order valence-electron chi connectivity index (χ3n) is 4.55. The highest BCUT2D eigenvalue weighted by atomic mass is 16.5. The van der Waals surface area contributed by atoms with E-state index in [-0.39, 0.29) is 5.91 Å². The molecule has 0 atom stereocenters. The summed E-state index contributed by atoms with van der Waals surface area (Å²) in [5.74, 6) is 0.0795. The van der Waals surface area contributed by atoms with Crippen molar-refractivity contribution in [2.24, 2.45) is 5.10 Å². The van der Waals surface area contributed by atoms with Crippen molar-refractivity contribution in [2.75, 3.05) is 0 Å². The van der Waals surface area contributed by atoms with Gasteiger partial charge < -0.3 is 9.09 Å². The van der Waals surface area contributed by atoms with Crippen LogP contribution in [0.25, 0.3) is 16.9 Å². The molecule has 0 saturated carbocycles. The van der Waals surface area contributed by atoms with Gasteiger partial charge in [0.05, 0.1) is 12.0 Å². The van der Waals surface area contributed by atoms with E-state index in [4.69, 9.17) is 4.52 Å². The number of amides is 1. The second-order valence-corrected chi connectivity index (χ2v) is 6.48. The molecule has 29 heavy (non-hydrogen) atoms. The van der Waals surface area contributed by atoms with E-state index in [1.165, 1.54) is 0 Å². The van der Waals surface area contributed by atoms with Crippen LogP contribution in [0.2, 0.25) is 0 Å². The Morgan fingerprint density at radius 3 is 2.55 bits per heavy atom. The average Bonchev–Trinajstić information content (AvgIpc) is 3.42. The normalized spacial score (nSPS) is 11.4. The van der Waals surface area contributed by atoms with Crippen molar-refractivity contribution in [2.45, 2.75) is 13.8 Å². The molecule has 0 aliphatic rings. The molecule has 2 aromatic heterocycles. The summed E-state index contributed by atoms with van der Waals surface area (Å²) in [6.45, 7) is 3.55. The van der Waals surface area contributed by atoms with Crippen LogP contribution in [0, 0.1) is 6.92 Å². The molecule has 0 bridgehead atoms. The van der Waals surface area contributed by atoms with Crippen molar-refractivity contribution in [1.82, 2.24) is 20.1 Å². The zero-order valence-corrected chi connectivity index (χ0v) is 16.0. The first kappa shape index (κ1) is 18.4. The van der Waals surface area contributed by atoms with Crippen molar-refractivity contribution in [3.05, 3.63) is 90.2 Å². The Bertz CT molecular complexity index is 1140. The molecular formula is C22H19N5O2. The van der Waals surface area contributed by atoms with E-state index in [1.54, 1.807) is 19.4 Å². The summed E-state index contributed by atoms with van der Waals surface area (Å²) in [5.41, 5.74) is 6.88. The van der Waals surface area contributed by atoms with Crippen molar-refractivity contribution in [3.8, 4) is 16.9 Å².